The molecule has 3 nitrogen and oxygen atoms in total. The van der Waals surface area contributed by atoms with E-state index >= 15 is 0 Å². The van der Waals surface area contributed by atoms with E-state index in [1.807, 2.05) is 24.3 Å². The van der Waals surface area contributed by atoms with Gasteiger partial charge in [0.15, 0.2) is 0 Å². The highest BCUT2D eigenvalue weighted by molar-refractivity contribution is 14.1. The van der Waals surface area contributed by atoms with Gasteiger partial charge in [-0.1, -0.05) is 12.1 Å². The normalized spacial score (nSPS) is 19.7. The van der Waals surface area contributed by atoms with Crippen molar-refractivity contribution < 1.29 is 9.53 Å². The lowest BCUT2D eigenvalue weighted by Gasteiger charge is -2.11. The molecule has 0 unspecified atom stereocenters. The van der Waals surface area contributed by atoms with Crippen molar-refractivity contribution in [2.45, 2.75) is 18.9 Å². The van der Waals surface area contributed by atoms with Gasteiger partial charge in [-0.2, -0.15) is 0 Å². The molecule has 16 heavy (non-hydrogen) atoms. The number of ether oxygens (including phenoxy) is 1. The molecule has 1 aliphatic rings. The lowest BCUT2D eigenvalue weighted by atomic mass is 10.2. The van der Waals surface area contributed by atoms with Crippen LogP contribution in [0.5, 0.6) is 0 Å². The minimum absolute atomic E-state index is 0.0134. The van der Waals surface area contributed by atoms with E-state index in [2.05, 4.69) is 27.9 Å². The maximum atomic E-state index is 11.9. The molecule has 1 amide bonds. The highest BCUT2D eigenvalue weighted by Gasteiger charge is 2.17. The zero-order valence-corrected chi connectivity index (χ0v) is 11.1. The van der Waals surface area contributed by atoms with E-state index in [-0.39, 0.29) is 12.0 Å². The number of carbonyl (C=O) groups excluding carboxylic acids is 1. The second-order valence-electron chi connectivity index (χ2n) is 3.82. The molecule has 0 aromatic heterocycles. The smallest absolute Gasteiger partial charge is 0.252 e. The highest BCUT2D eigenvalue weighted by atomic mass is 127. The maximum absolute atomic E-state index is 11.9. The minimum atomic E-state index is -0.0134. The van der Waals surface area contributed by atoms with E-state index in [1.165, 1.54) is 0 Å². The fourth-order valence-corrected chi connectivity index (χ4v) is 2.38. The van der Waals surface area contributed by atoms with Crippen molar-refractivity contribution in [2.75, 3.05) is 13.2 Å². The molecule has 0 aliphatic carbocycles. The molecule has 0 radical (unpaired) electrons. The first-order valence-corrected chi connectivity index (χ1v) is 6.49. The molecular weight excluding hydrogens is 317 g/mol. The summed E-state index contributed by atoms with van der Waals surface area (Å²) in [4.78, 5) is 11.9. The number of hydrogen-bond donors (Lipinski definition) is 1. The molecular formula is C12H14INO2. The van der Waals surface area contributed by atoms with Gasteiger partial charge in [-0.25, -0.2) is 0 Å². The van der Waals surface area contributed by atoms with Crippen LogP contribution in [0, 0.1) is 3.57 Å². The fraction of sp³-hybridized carbons (Fsp3) is 0.417. The molecule has 1 N–H and O–H groups in total. The molecule has 2 rings (SSSR count). The van der Waals surface area contributed by atoms with E-state index in [0.717, 1.165) is 28.6 Å². The lowest BCUT2D eigenvalue weighted by Crippen LogP contribution is -2.32. The summed E-state index contributed by atoms with van der Waals surface area (Å²) in [6.07, 6.45) is 2.35. The molecule has 1 aromatic rings. The van der Waals surface area contributed by atoms with E-state index in [0.29, 0.717) is 6.54 Å². The van der Waals surface area contributed by atoms with Crippen LogP contribution in [0.25, 0.3) is 0 Å². The summed E-state index contributed by atoms with van der Waals surface area (Å²) in [5, 5.41) is 2.91. The highest BCUT2D eigenvalue weighted by Crippen LogP contribution is 2.13. The number of rotatable bonds is 3. The third-order valence-electron chi connectivity index (χ3n) is 2.63. The number of amides is 1. The van der Waals surface area contributed by atoms with Crippen molar-refractivity contribution in [3.8, 4) is 0 Å². The molecule has 1 aromatic carbocycles. The lowest BCUT2D eigenvalue weighted by molar-refractivity contribution is 0.0857. The van der Waals surface area contributed by atoms with Crippen molar-refractivity contribution in [3.05, 3.63) is 33.4 Å². The van der Waals surface area contributed by atoms with Gasteiger partial charge in [-0.3, -0.25) is 4.79 Å². The number of nitrogens with one attached hydrogen (secondary N) is 1. The topological polar surface area (TPSA) is 38.3 Å². The summed E-state index contributed by atoms with van der Waals surface area (Å²) in [5.74, 6) is -0.0134. The SMILES string of the molecule is O=C(NC[C@H]1CCCO1)c1ccccc1I. The summed E-state index contributed by atoms with van der Waals surface area (Å²) in [5.41, 5.74) is 0.737. The van der Waals surface area contributed by atoms with Crippen molar-refractivity contribution in [1.82, 2.24) is 5.32 Å². The second-order valence-corrected chi connectivity index (χ2v) is 4.99. The van der Waals surface area contributed by atoms with Crippen LogP contribution >= 0.6 is 22.6 Å². The Bertz CT molecular complexity index is 375. The van der Waals surface area contributed by atoms with Gasteiger partial charge in [0.1, 0.15) is 0 Å². The Labute approximate surface area is 109 Å². The molecule has 1 saturated heterocycles. The third kappa shape index (κ3) is 2.95. The van der Waals surface area contributed by atoms with Crippen molar-refractivity contribution >= 4 is 28.5 Å². The van der Waals surface area contributed by atoms with Crippen LogP contribution < -0.4 is 5.32 Å². The summed E-state index contributed by atoms with van der Waals surface area (Å²) in [6, 6.07) is 7.58. The Morgan fingerprint density at radius 1 is 1.50 bits per heavy atom. The summed E-state index contributed by atoms with van der Waals surface area (Å²) in [7, 11) is 0. The predicted molar refractivity (Wildman–Crippen MR) is 70.5 cm³/mol. The molecule has 0 bridgehead atoms. The minimum Gasteiger partial charge on any atom is -0.376 e. The molecule has 4 heteroatoms. The molecule has 1 heterocycles. The van der Waals surface area contributed by atoms with Crippen molar-refractivity contribution in [1.29, 1.82) is 0 Å². The van der Waals surface area contributed by atoms with Crippen LogP contribution in [0.1, 0.15) is 23.2 Å². The molecule has 1 aliphatic heterocycles. The van der Waals surface area contributed by atoms with Gasteiger partial charge in [0.2, 0.25) is 0 Å². The quantitative estimate of drug-likeness (QED) is 0.863. The predicted octanol–water partition coefficient (Wildman–Crippen LogP) is 2.20. The average molecular weight is 331 g/mol. The maximum Gasteiger partial charge on any atom is 0.252 e. The first kappa shape index (κ1) is 11.9. The number of carbonyl (C=O) groups is 1. The van der Waals surface area contributed by atoms with E-state index < -0.39 is 0 Å². The Morgan fingerprint density at radius 3 is 3.00 bits per heavy atom. The number of hydrogen-bond acceptors (Lipinski definition) is 2. The Balaban J connectivity index is 1.90. The molecule has 0 saturated carbocycles. The number of halogens is 1. The van der Waals surface area contributed by atoms with Gasteiger partial charge in [0.25, 0.3) is 5.91 Å². The van der Waals surface area contributed by atoms with E-state index in [4.69, 9.17) is 4.74 Å². The van der Waals surface area contributed by atoms with Crippen molar-refractivity contribution in [3.63, 3.8) is 0 Å². The van der Waals surface area contributed by atoms with Crippen LogP contribution in [0.3, 0.4) is 0 Å². The molecule has 86 valence electrons. The van der Waals surface area contributed by atoms with Crippen molar-refractivity contribution in [2.24, 2.45) is 0 Å². The number of benzene rings is 1. The first-order valence-electron chi connectivity index (χ1n) is 5.41. The first-order chi connectivity index (χ1) is 7.77. The average Bonchev–Trinajstić information content (AvgIpc) is 2.79. The van der Waals surface area contributed by atoms with Crippen LogP contribution in [-0.4, -0.2) is 25.2 Å². The van der Waals surface area contributed by atoms with Gasteiger partial charge in [-0.05, 0) is 47.6 Å². The monoisotopic (exact) mass is 331 g/mol. The third-order valence-corrected chi connectivity index (χ3v) is 3.57. The Morgan fingerprint density at radius 2 is 2.31 bits per heavy atom. The van der Waals surface area contributed by atoms with E-state index in [1.54, 1.807) is 0 Å². The summed E-state index contributed by atoms with van der Waals surface area (Å²) >= 11 is 2.17. The van der Waals surface area contributed by atoms with Gasteiger partial charge < -0.3 is 10.1 Å². The van der Waals surface area contributed by atoms with Crippen LogP contribution in [0.4, 0.5) is 0 Å². The van der Waals surface area contributed by atoms with Gasteiger partial charge in [-0.15, -0.1) is 0 Å². The van der Waals surface area contributed by atoms with Crippen LogP contribution in [0.15, 0.2) is 24.3 Å². The zero-order valence-electron chi connectivity index (χ0n) is 8.91. The fourth-order valence-electron chi connectivity index (χ4n) is 1.75. The zero-order chi connectivity index (χ0) is 11.4. The van der Waals surface area contributed by atoms with Crippen LogP contribution in [0.2, 0.25) is 0 Å². The molecule has 1 fully saturated rings. The Kier molecular flexibility index (Phi) is 4.17. The van der Waals surface area contributed by atoms with Gasteiger partial charge >= 0.3 is 0 Å². The molecule has 0 spiro atoms. The van der Waals surface area contributed by atoms with Gasteiger partial charge in [0.05, 0.1) is 11.7 Å². The van der Waals surface area contributed by atoms with Gasteiger partial charge in [0, 0.05) is 16.7 Å². The standard InChI is InChI=1S/C12H14INO2/c13-11-6-2-1-5-10(11)12(15)14-8-9-4-3-7-16-9/h1-2,5-6,9H,3-4,7-8H2,(H,14,15)/t9-/m1/s1. The van der Waals surface area contributed by atoms with E-state index in [9.17, 15) is 4.79 Å². The summed E-state index contributed by atoms with van der Waals surface area (Å²) in [6.45, 7) is 1.44. The second kappa shape index (κ2) is 5.63. The van der Waals surface area contributed by atoms with Crippen LogP contribution in [-0.2, 0) is 4.74 Å². The molecule has 1 atom stereocenters. The largest absolute Gasteiger partial charge is 0.376 e. The Hall–Kier alpha value is -0.620. The summed E-state index contributed by atoms with van der Waals surface area (Å²) < 4.78 is 6.43.